The first-order valence-electron chi connectivity index (χ1n) is 9.25. The number of ether oxygens (including phenoxy) is 1. The van der Waals surface area contributed by atoms with E-state index in [1.54, 1.807) is 36.8 Å². The van der Waals surface area contributed by atoms with Gasteiger partial charge in [-0.3, -0.25) is 9.29 Å². The predicted octanol–water partition coefficient (Wildman–Crippen LogP) is 4.70. The minimum atomic E-state index is -3.74. The maximum Gasteiger partial charge on any atom is 0.263 e. The fourth-order valence-corrected chi connectivity index (χ4v) is 5.12. The van der Waals surface area contributed by atoms with Crippen molar-refractivity contribution >= 4 is 49.7 Å². The van der Waals surface area contributed by atoms with Gasteiger partial charge in [0.15, 0.2) is 11.0 Å². The van der Waals surface area contributed by atoms with Crippen LogP contribution in [0.15, 0.2) is 58.9 Å². The minimum absolute atomic E-state index is 0.116. The fraction of sp³-hybridized carbons (Fsp3) is 0.150. The van der Waals surface area contributed by atoms with E-state index >= 15 is 0 Å². The molecule has 2 aromatic heterocycles. The molecule has 0 radical (unpaired) electrons. The van der Waals surface area contributed by atoms with Crippen molar-refractivity contribution in [3.8, 4) is 11.4 Å². The lowest BCUT2D eigenvalue weighted by Gasteiger charge is -2.10. The van der Waals surface area contributed by atoms with Crippen LogP contribution in [0.1, 0.15) is 11.4 Å². The predicted molar refractivity (Wildman–Crippen MR) is 125 cm³/mol. The standard InChI is InChI=1S/C20H17Cl2N5O3S2/c1-30-12-27-18(11-13-2-7-16(21)17(22)10-13)24-25-19(27)14-3-5-15(6-4-14)32(28,29)26-20-23-8-9-31-20/h2-10H,11-12H2,1H3,(H,23,26). The summed E-state index contributed by atoms with van der Waals surface area (Å²) < 4.78 is 34.7. The number of nitrogens with zero attached hydrogens (tertiary/aromatic N) is 4. The number of thiazole rings is 1. The first-order chi connectivity index (χ1) is 15.4. The average molecular weight is 510 g/mol. The highest BCUT2D eigenvalue weighted by atomic mass is 35.5. The second kappa shape index (κ2) is 9.55. The summed E-state index contributed by atoms with van der Waals surface area (Å²) in [6, 6.07) is 11.8. The highest BCUT2D eigenvalue weighted by molar-refractivity contribution is 7.93. The van der Waals surface area contributed by atoms with Crippen LogP contribution in [0.2, 0.25) is 10.0 Å². The zero-order chi connectivity index (χ0) is 22.7. The highest BCUT2D eigenvalue weighted by Crippen LogP contribution is 2.26. The quantitative estimate of drug-likeness (QED) is 0.369. The van der Waals surface area contributed by atoms with Crippen molar-refractivity contribution < 1.29 is 13.2 Å². The van der Waals surface area contributed by atoms with Crippen LogP contribution in [0.3, 0.4) is 0 Å². The van der Waals surface area contributed by atoms with Gasteiger partial charge in [-0.05, 0) is 42.0 Å². The lowest BCUT2D eigenvalue weighted by molar-refractivity contribution is 0.130. The summed E-state index contributed by atoms with van der Waals surface area (Å²) in [5.74, 6) is 1.22. The first kappa shape index (κ1) is 22.7. The molecule has 0 amide bonds. The number of hydrogen-bond acceptors (Lipinski definition) is 7. The molecule has 0 aliphatic carbocycles. The zero-order valence-corrected chi connectivity index (χ0v) is 19.8. The molecule has 0 aliphatic heterocycles. The maximum atomic E-state index is 12.6. The van der Waals surface area contributed by atoms with Crippen LogP contribution in [0.5, 0.6) is 0 Å². The molecule has 0 atom stereocenters. The van der Waals surface area contributed by atoms with Crippen molar-refractivity contribution in [2.75, 3.05) is 11.8 Å². The summed E-state index contributed by atoms with van der Waals surface area (Å²) in [5, 5.41) is 11.5. The summed E-state index contributed by atoms with van der Waals surface area (Å²) in [5.41, 5.74) is 1.62. The Morgan fingerprint density at radius 1 is 1.09 bits per heavy atom. The van der Waals surface area contributed by atoms with E-state index in [0.717, 1.165) is 5.56 Å². The third-order valence-corrected chi connectivity index (χ3v) is 7.42. The van der Waals surface area contributed by atoms with Gasteiger partial charge in [0.25, 0.3) is 10.0 Å². The Bertz CT molecular complexity index is 1320. The molecule has 4 aromatic rings. The van der Waals surface area contributed by atoms with Crippen molar-refractivity contribution in [3.63, 3.8) is 0 Å². The van der Waals surface area contributed by atoms with Crippen molar-refractivity contribution in [1.82, 2.24) is 19.7 Å². The molecule has 2 heterocycles. The molecule has 166 valence electrons. The number of hydrogen-bond donors (Lipinski definition) is 1. The molecule has 32 heavy (non-hydrogen) atoms. The lowest BCUT2D eigenvalue weighted by Crippen LogP contribution is -2.12. The molecule has 0 saturated heterocycles. The highest BCUT2D eigenvalue weighted by Gasteiger charge is 2.18. The molecule has 0 spiro atoms. The second-order valence-electron chi connectivity index (χ2n) is 6.68. The van der Waals surface area contributed by atoms with Gasteiger partial charge in [0.1, 0.15) is 12.6 Å². The SMILES string of the molecule is COCn1c(Cc2ccc(Cl)c(Cl)c2)nnc1-c1ccc(S(=O)(=O)Nc2nccs2)cc1. The Morgan fingerprint density at radius 3 is 2.53 bits per heavy atom. The summed E-state index contributed by atoms with van der Waals surface area (Å²) in [7, 11) is -2.16. The van der Waals surface area contributed by atoms with Gasteiger partial charge >= 0.3 is 0 Å². The number of aromatic nitrogens is 4. The van der Waals surface area contributed by atoms with Crippen LogP contribution in [-0.4, -0.2) is 35.3 Å². The van der Waals surface area contributed by atoms with E-state index in [1.807, 2.05) is 10.6 Å². The van der Waals surface area contributed by atoms with E-state index in [2.05, 4.69) is 19.9 Å². The van der Waals surface area contributed by atoms with Gasteiger partial charge in [0.2, 0.25) is 0 Å². The number of sulfonamides is 1. The van der Waals surface area contributed by atoms with Crippen LogP contribution in [0.4, 0.5) is 5.13 Å². The van der Waals surface area contributed by atoms with Gasteiger partial charge in [-0.25, -0.2) is 13.4 Å². The van der Waals surface area contributed by atoms with E-state index in [1.165, 1.54) is 29.7 Å². The summed E-state index contributed by atoms with van der Waals surface area (Å²) in [6.45, 7) is 0.227. The smallest absolute Gasteiger partial charge is 0.263 e. The largest absolute Gasteiger partial charge is 0.364 e. The Balaban J connectivity index is 1.61. The van der Waals surface area contributed by atoms with Crippen molar-refractivity contribution in [1.29, 1.82) is 0 Å². The van der Waals surface area contributed by atoms with Crippen molar-refractivity contribution in [2.45, 2.75) is 18.0 Å². The number of rotatable bonds is 8. The van der Waals surface area contributed by atoms with E-state index in [0.29, 0.717) is 38.8 Å². The third kappa shape index (κ3) is 4.94. The van der Waals surface area contributed by atoms with Gasteiger partial charge < -0.3 is 4.74 Å². The number of anilines is 1. The van der Waals surface area contributed by atoms with Gasteiger partial charge in [0.05, 0.1) is 14.9 Å². The van der Waals surface area contributed by atoms with E-state index < -0.39 is 10.0 Å². The van der Waals surface area contributed by atoms with Crippen LogP contribution in [0.25, 0.3) is 11.4 Å². The Labute approximate surface area is 198 Å². The van der Waals surface area contributed by atoms with Gasteiger partial charge in [0, 0.05) is 30.7 Å². The summed E-state index contributed by atoms with van der Waals surface area (Å²) >= 11 is 13.3. The molecule has 4 rings (SSSR count). The van der Waals surface area contributed by atoms with Gasteiger partial charge in [-0.1, -0.05) is 29.3 Å². The molecule has 8 nitrogen and oxygen atoms in total. The molecule has 0 saturated carbocycles. The van der Waals surface area contributed by atoms with Gasteiger partial charge in [-0.2, -0.15) is 0 Å². The molecule has 0 bridgehead atoms. The van der Waals surface area contributed by atoms with Crippen molar-refractivity contribution in [3.05, 3.63) is 75.5 Å². The van der Waals surface area contributed by atoms with Crippen LogP contribution < -0.4 is 4.72 Å². The number of halogens is 2. The molecular weight excluding hydrogens is 493 g/mol. The normalized spacial score (nSPS) is 11.6. The summed E-state index contributed by atoms with van der Waals surface area (Å²) in [6.07, 6.45) is 2.00. The number of methoxy groups -OCH3 is 1. The molecular formula is C20H17Cl2N5O3S2. The average Bonchev–Trinajstić information content (AvgIpc) is 3.41. The van der Waals surface area contributed by atoms with Crippen LogP contribution in [-0.2, 0) is 27.9 Å². The molecule has 1 N–H and O–H groups in total. The van der Waals surface area contributed by atoms with Crippen LogP contribution >= 0.6 is 34.5 Å². The third-order valence-electron chi connectivity index (χ3n) is 4.51. The van der Waals surface area contributed by atoms with Crippen LogP contribution in [0, 0.1) is 0 Å². The maximum absolute atomic E-state index is 12.6. The molecule has 0 fully saturated rings. The Kier molecular flexibility index (Phi) is 6.77. The first-order valence-corrected chi connectivity index (χ1v) is 12.4. The Hall–Kier alpha value is -2.50. The molecule has 12 heteroatoms. The Morgan fingerprint density at radius 2 is 1.88 bits per heavy atom. The molecule has 2 aromatic carbocycles. The topological polar surface area (TPSA) is 99.0 Å². The molecule has 0 aliphatic rings. The van der Waals surface area contributed by atoms with Gasteiger partial charge in [-0.15, -0.1) is 21.5 Å². The number of nitrogens with one attached hydrogen (secondary N) is 1. The van der Waals surface area contributed by atoms with Crippen molar-refractivity contribution in [2.24, 2.45) is 0 Å². The van der Waals surface area contributed by atoms with E-state index in [4.69, 9.17) is 27.9 Å². The molecule has 0 unspecified atom stereocenters. The number of benzene rings is 2. The van der Waals surface area contributed by atoms with E-state index in [9.17, 15) is 8.42 Å². The fourth-order valence-electron chi connectivity index (χ4n) is 3.01. The second-order valence-corrected chi connectivity index (χ2v) is 10.1. The lowest BCUT2D eigenvalue weighted by atomic mass is 10.1. The monoisotopic (exact) mass is 509 g/mol. The minimum Gasteiger partial charge on any atom is -0.364 e. The van der Waals surface area contributed by atoms with E-state index in [-0.39, 0.29) is 11.6 Å². The zero-order valence-electron chi connectivity index (χ0n) is 16.7. The summed E-state index contributed by atoms with van der Waals surface area (Å²) in [4.78, 5) is 4.06.